The molecule has 0 radical (unpaired) electrons. The molecular weight excluding hydrogens is 182 g/mol. The smallest absolute Gasteiger partial charge is 0.198 e. The van der Waals surface area contributed by atoms with E-state index in [0.717, 1.165) is 11.3 Å². The maximum absolute atomic E-state index is 10.2. The predicted octanol–water partition coefficient (Wildman–Crippen LogP) is 1.38. The lowest BCUT2D eigenvalue weighted by atomic mass is 11.0. The van der Waals surface area contributed by atoms with Crippen molar-refractivity contribution in [3.8, 4) is 0 Å². The van der Waals surface area contributed by atoms with Crippen LogP contribution in [0.25, 0.3) is 0 Å². The summed E-state index contributed by atoms with van der Waals surface area (Å²) in [5, 5.41) is 0. The predicted molar refractivity (Wildman–Crippen MR) is 36.2 cm³/mol. The fraction of sp³-hybridized carbons (Fsp3) is 0. The third-order valence-electron chi connectivity index (χ3n) is 0.628. The van der Waals surface area contributed by atoms with E-state index in [1.165, 1.54) is 6.20 Å². The number of nitrogens with zero attached hydrogens (tertiary/aromatic N) is 1. The summed E-state index contributed by atoms with van der Waals surface area (Å²) in [6.07, 6.45) is 1.28. The average Bonchev–Trinajstić information content (AvgIpc) is 2.14. The molecule has 0 saturated carbocycles. The van der Waals surface area contributed by atoms with Crippen molar-refractivity contribution < 1.29 is 8.76 Å². The highest BCUT2D eigenvalue weighted by molar-refractivity contribution is 7.81. The van der Waals surface area contributed by atoms with Crippen LogP contribution in [0.15, 0.2) is 10.4 Å². The molecule has 1 rings (SSSR count). The lowest BCUT2D eigenvalue weighted by Gasteiger charge is -1.78. The average molecular weight is 184 g/mol. The second kappa shape index (κ2) is 2.74. The highest BCUT2D eigenvalue weighted by Crippen LogP contribution is 2.19. The van der Waals surface area contributed by atoms with Crippen LogP contribution in [-0.4, -0.2) is 13.7 Å². The second-order valence-corrected chi connectivity index (χ2v) is 3.99. The van der Waals surface area contributed by atoms with E-state index in [1.807, 2.05) is 0 Å². The van der Waals surface area contributed by atoms with Gasteiger partial charge < -0.3 is 4.55 Å². The van der Waals surface area contributed by atoms with Crippen LogP contribution in [0.3, 0.4) is 0 Å². The van der Waals surface area contributed by atoms with Crippen molar-refractivity contribution >= 4 is 34.0 Å². The van der Waals surface area contributed by atoms with Gasteiger partial charge in [-0.2, -0.15) is 0 Å². The summed E-state index contributed by atoms with van der Waals surface area (Å²) in [6.45, 7) is 0. The van der Waals surface area contributed by atoms with Gasteiger partial charge in [-0.1, -0.05) is 22.9 Å². The highest BCUT2D eigenvalue weighted by atomic mass is 35.5. The molecule has 1 heterocycles. The minimum Gasteiger partial charge on any atom is -0.302 e. The summed E-state index contributed by atoms with van der Waals surface area (Å²) in [6, 6.07) is 0. The van der Waals surface area contributed by atoms with Crippen LogP contribution in [0.1, 0.15) is 0 Å². The minimum atomic E-state index is -1.94. The zero-order valence-electron chi connectivity index (χ0n) is 4.07. The van der Waals surface area contributed by atoms with Crippen LogP contribution < -0.4 is 0 Å². The minimum absolute atomic E-state index is 0.278. The maximum Gasteiger partial charge on any atom is 0.198 e. The molecule has 6 heteroatoms. The Morgan fingerprint density at radius 3 is 2.78 bits per heavy atom. The largest absolute Gasteiger partial charge is 0.302 e. The molecule has 1 N–H and O–H groups in total. The van der Waals surface area contributed by atoms with Crippen LogP contribution in [0.4, 0.5) is 0 Å². The monoisotopic (exact) mass is 183 g/mol. The van der Waals surface area contributed by atoms with Gasteiger partial charge in [0.1, 0.15) is 4.21 Å². The Kier molecular flexibility index (Phi) is 2.18. The quantitative estimate of drug-likeness (QED) is 0.670. The molecule has 0 amide bonds. The van der Waals surface area contributed by atoms with Gasteiger partial charge in [-0.15, -0.1) is 0 Å². The van der Waals surface area contributed by atoms with Crippen molar-refractivity contribution in [3.05, 3.63) is 10.7 Å². The SMILES string of the molecule is O=S(O)c1cnc(Cl)s1. The fourth-order valence-corrected chi connectivity index (χ4v) is 1.80. The van der Waals surface area contributed by atoms with Gasteiger partial charge in [0.15, 0.2) is 15.5 Å². The third-order valence-corrected chi connectivity index (χ3v) is 2.67. The van der Waals surface area contributed by atoms with Gasteiger partial charge in [-0.25, -0.2) is 9.19 Å². The van der Waals surface area contributed by atoms with Crippen molar-refractivity contribution in [2.75, 3.05) is 0 Å². The van der Waals surface area contributed by atoms with Crippen molar-refractivity contribution in [3.63, 3.8) is 0 Å². The Bertz CT molecular complexity index is 235. The van der Waals surface area contributed by atoms with E-state index in [1.54, 1.807) is 0 Å². The molecular formula is C3H2ClNO2S2. The zero-order valence-corrected chi connectivity index (χ0v) is 6.46. The Labute approximate surface area is 63.0 Å². The summed E-state index contributed by atoms with van der Waals surface area (Å²) in [5.74, 6) is 0. The Hall–Kier alpha value is 0.0300. The standard InChI is InChI=1S/C3H2ClNO2S2/c4-3-5-1-2(8-3)9(6)7/h1H,(H,6,7). The van der Waals surface area contributed by atoms with E-state index in [2.05, 4.69) is 4.98 Å². The van der Waals surface area contributed by atoms with Crippen molar-refractivity contribution in [1.29, 1.82) is 0 Å². The van der Waals surface area contributed by atoms with E-state index < -0.39 is 11.1 Å². The van der Waals surface area contributed by atoms with Crippen LogP contribution in [0.2, 0.25) is 4.47 Å². The molecule has 0 fully saturated rings. The van der Waals surface area contributed by atoms with Crippen molar-refractivity contribution in [2.45, 2.75) is 4.21 Å². The maximum atomic E-state index is 10.2. The summed E-state index contributed by atoms with van der Waals surface area (Å²) < 4.78 is 19.2. The summed E-state index contributed by atoms with van der Waals surface area (Å²) in [4.78, 5) is 3.57. The number of thiazole rings is 1. The van der Waals surface area contributed by atoms with Crippen LogP contribution in [0, 0.1) is 0 Å². The Morgan fingerprint density at radius 2 is 2.56 bits per heavy atom. The van der Waals surface area contributed by atoms with Crippen molar-refractivity contribution in [1.82, 2.24) is 4.98 Å². The van der Waals surface area contributed by atoms with Gasteiger partial charge in [-0.3, -0.25) is 0 Å². The van der Waals surface area contributed by atoms with Gasteiger partial charge in [0.2, 0.25) is 0 Å². The normalized spacial score (nSPS) is 13.6. The van der Waals surface area contributed by atoms with E-state index in [-0.39, 0.29) is 8.68 Å². The summed E-state index contributed by atoms with van der Waals surface area (Å²) >= 11 is 4.43. The van der Waals surface area contributed by atoms with Gasteiger partial charge in [0, 0.05) is 0 Å². The van der Waals surface area contributed by atoms with Gasteiger partial charge in [0.05, 0.1) is 6.20 Å². The van der Waals surface area contributed by atoms with E-state index in [9.17, 15) is 4.21 Å². The zero-order chi connectivity index (χ0) is 6.85. The molecule has 9 heavy (non-hydrogen) atoms. The van der Waals surface area contributed by atoms with Crippen LogP contribution in [-0.2, 0) is 11.1 Å². The first-order valence-corrected chi connectivity index (χ1v) is 4.22. The molecule has 50 valence electrons. The lowest BCUT2D eigenvalue weighted by molar-refractivity contribution is 0.566. The van der Waals surface area contributed by atoms with E-state index in [0.29, 0.717) is 0 Å². The van der Waals surface area contributed by atoms with Crippen LogP contribution >= 0.6 is 22.9 Å². The van der Waals surface area contributed by atoms with Crippen LogP contribution in [0.5, 0.6) is 0 Å². The number of aromatic nitrogens is 1. The van der Waals surface area contributed by atoms with E-state index in [4.69, 9.17) is 16.2 Å². The first-order chi connectivity index (χ1) is 4.20. The second-order valence-electron chi connectivity index (χ2n) is 1.18. The number of rotatable bonds is 1. The Morgan fingerprint density at radius 1 is 1.89 bits per heavy atom. The molecule has 0 aliphatic rings. The fourth-order valence-electron chi connectivity index (χ4n) is 0.320. The molecule has 0 aromatic carbocycles. The molecule has 3 nitrogen and oxygen atoms in total. The molecule has 1 unspecified atom stereocenters. The first-order valence-electron chi connectivity index (χ1n) is 1.92. The molecule has 1 atom stereocenters. The summed E-state index contributed by atoms with van der Waals surface area (Å²) in [5.41, 5.74) is 0. The molecule has 1 aromatic heterocycles. The Balaban J connectivity index is 2.98. The number of hydrogen-bond acceptors (Lipinski definition) is 3. The topological polar surface area (TPSA) is 50.2 Å². The van der Waals surface area contributed by atoms with Gasteiger partial charge >= 0.3 is 0 Å². The highest BCUT2D eigenvalue weighted by Gasteiger charge is 2.02. The van der Waals surface area contributed by atoms with E-state index >= 15 is 0 Å². The third kappa shape index (κ3) is 1.72. The van der Waals surface area contributed by atoms with Gasteiger partial charge in [-0.05, 0) is 0 Å². The van der Waals surface area contributed by atoms with Gasteiger partial charge in [0.25, 0.3) is 0 Å². The molecule has 1 aromatic rings. The first kappa shape index (κ1) is 7.14. The molecule has 0 spiro atoms. The number of hydrogen-bond donors (Lipinski definition) is 1. The number of halogens is 1. The molecule has 0 aliphatic carbocycles. The molecule has 0 bridgehead atoms. The van der Waals surface area contributed by atoms with Crippen molar-refractivity contribution in [2.24, 2.45) is 0 Å². The molecule has 0 aliphatic heterocycles. The molecule has 0 saturated heterocycles. The summed E-state index contributed by atoms with van der Waals surface area (Å²) in [7, 11) is 0. The lowest BCUT2D eigenvalue weighted by Crippen LogP contribution is -1.80.